The van der Waals surface area contributed by atoms with Crippen LogP contribution in [-0.2, 0) is 0 Å². The Hall–Kier alpha value is -0.0400. The molecule has 0 aliphatic heterocycles. The van der Waals surface area contributed by atoms with E-state index in [9.17, 15) is 0 Å². The zero-order valence-electron chi connectivity index (χ0n) is 9.24. The molecular weight excluding hydrogens is 146 g/mol. The predicted octanol–water partition coefficient (Wildman–Crippen LogP) is 3.20. The third kappa shape index (κ3) is 4.76. The molecule has 0 amide bonds. The van der Waals surface area contributed by atoms with Crippen molar-refractivity contribution >= 4 is 0 Å². The number of hydrogen-bond acceptors (Lipinski definition) is 1. The van der Waals surface area contributed by atoms with Crippen LogP contribution in [0.1, 0.15) is 52.9 Å². The van der Waals surface area contributed by atoms with Crippen molar-refractivity contribution in [2.45, 2.75) is 52.9 Å². The van der Waals surface area contributed by atoms with E-state index in [1.807, 2.05) is 7.05 Å². The highest BCUT2D eigenvalue weighted by Gasteiger charge is 2.19. The summed E-state index contributed by atoms with van der Waals surface area (Å²) < 4.78 is 0. The summed E-state index contributed by atoms with van der Waals surface area (Å²) in [5, 5.41) is 3.29. The van der Waals surface area contributed by atoms with Gasteiger partial charge in [0.25, 0.3) is 0 Å². The predicted molar refractivity (Wildman–Crippen MR) is 56.5 cm³/mol. The van der Waals surface area contributed by atoms with Crippen LogP contribution in [0.25, 0.3) is 0 Å². The molecule has 1 nitrogen and oxygen atoms in total. The fourth-order valence-electron chi connectivity index (χ4n) is 1.62. The normalized spacial score (nSPS) is 16.0. The molecular formula is C11H25N. The molecule has 0 saturated carbocycles. The lowest BCUT2D eigenvalue weighted by Gasteiger charge is -2.27. The zero-order valence-corrected chi connectivity index (χ0v) is 9.24. The van der Waals surface area contributed by atoms with E-state index < -0.39 is 0 Å². The average molecular weight is 171 g/mol. The molecule has 0 heterocycles. The average Bonchev–Trinajstić information content (AvgIpc) is 2.06. The molecule has 0 bridgehead atoms. The number of rotatable bonds is 7. The van der Waals surface area contributed by atoms with Gasteiger partial charge in [-0.05, 0) is 25.3 Å². The van der Waals surface area contributed by atoms with Gasteiger partial charge in [-0.3, -0.25) is 0 Å². The van der Waals surface area contributed by atoms with Crippen LogP contribution in [0.4, 0.5) is 0 Å². The van der Waals surface area contributed by atoms with Crippen molar-refractivity contribution in [3.63, 3.8) is 0 Å². The first-order valence-electron chi connectivity index (χ1n) is 5.33. The minimum atomic E-state index is 0.532. The third-order valence-electron chi connectivity index (χ3n) is 2.84. The molecule has 1 atom stereocenters. The Labute approximate surface area is 77.9 Å². The summed E-state index contributed by atoms with van der Waals surface area (Å²) in [6.07, 6.45) is 6.77. The van der Waals surface area contributed by atoms with Gasteiger partial charge in [0.05, 0.1) is 0 Å². The summed E-state index contributed by atoms with van der Waals surface area (Å²) in [6, 6.07) is 0. The molecule has 0 aromatic carbocycles. The Morgan fingerprint density at radius 3 is 2.25 bits per heavy atom. The van der Waals surface area contributed by atoms with Gasteiger partial charge in [-0.25, -0.2) is 0 Å². The highest BCUT2D eigenvalue weighted by Crippen LogP contribution is 2.27. The van der Waals surface area contributed by atoms with Gasteiger partial charge in [0.15, 0.2) is 0 Å². The zero-order chi connectivity index (χ0) is 9.45. The van der Waals surface area contributed by atoms with Crippen LogP contribution < -0.4 is 5.32 Å². The van der Waals surface area contributed by atoms with Crippen molar-refractivity contribution in [2.75, 3.05) is 13.6 Å². The first-order chi connectivity index (χ1) is 5.68. The van der Waals surface area contributed by atoms with Gasteiger partial charge < -0.3 is 5.32 Å². The standard InChI is InChI=1S/C11H25N/c1-5-7-8-9-11(3,6-2)10-12-4/h12H,5-10H2,1-4H3. The summed E-state index contributed by atoms with van der Waals surface area (Å²) in [5.41, 5.74) is 0.532. The molecule has 0 saturated heterocycles. The molecule has 0 fully saturated rings. The minimum Gasteiger partial charge on any atom is -0.319 e. The van der Waals surface area contributed by atoms with Crippen LogP contribution in [0.3, 0.4) is 0 Å². The number of hydrogen-bond donors (Lipinski definition) is 1. The Morgan fingerprint density at radius 2 is 1.83 bits per heavy atom. The molecule has 0 aromatic heterocycles. The fourth-order valence-corrected chi connectivity index (χ4v) is 1.62. The van der Waals surface area contributed by atoms with E-state index >= 15 is 0 Å². The number of nitrogens with one attached hydrogen (secondary N) is 1. The van der Waals surface area contributed by atoms with Gasteiger partial charge in [-0.1, -0.05) is 40.0 Å². The van der Waals surface area contributed by atoms with Crippen molar-refractivity contribution in [1.82, 2.24) is 5.32 Å². The quantitative estimate of drug-likeness (QED) is 0.580. The van der Waals surface area contributed by atoms with Gasteiger partial charge in [0, 0.05) is 6.54 Å². The van der Waals surface area contributed by atoms with Gasteiger partial charge in [0.2, 0.25) is 0 Å². The lowest BCUT2D eigenvalue weighted by molar-refractivity contribution is 0.267. The van der Waals surface area contributed by atoms with Crippen LogP contribution >= 0.6 is 0 Å². The molecule has 74 valence electrons. The maximum Gasteiger partial charge on any atom is 0.000205 e. The molecule has 0 rings (SSSR count). The molecule has 0 aliphatic rings. The molecule has 0 aromatic rings. The molecule has 0 radical (unpaired) electrons. The summed E-state index contributed by atoms with van der Waals surface area (Å²) >= 11 is 0. The molecule has 1 unspecified atom stereocenters. The smallest absolute Gasteiger partial charge is 0.000205 e. The number of unbranched alkanes of at least 4 members (excludes halogenated alkanes) is 2. The maximum atomic E-state index is 3.29. The van der Waals surface area contributed by atoms with Crippen molar-refractivity contribution in [1.29, 1.82) is 0 Å². The molecule has 0 spiro atoms. The molecule has 0 aliphatic carbocycles. The van der Waals surface area contributed by atoms with Crippen LogP contribution in [0.5, 0.6) is 0 Å². The van der Waals surface area contributed by atoms with Crippen molar-refractivity contribution in [3.05, 3.63) is 0 Å². The summed E-state index contributed by atoms with van der Waals surface area (Å²) in [7, 11) is 2.05. The summed E-state index contributed by atoms with van der Waals surface area (Å²) in [4.78, 5) is 0. The first kappa shape index (κ1) is 12.0. The van der Waals surface area contributed by atoms with Crippen LogP contribution in [0.2, 0.25) is 0 Å². The van der Waals surface area contributed by atoms with E-state index in [0.29, 0.717) is 5.41 Å². The van der Waals surface area contributed by atoms with Gasteiger partial charge in [0.1, 0.15) is 0 Å². The molecule has 12 heavy (non-hydrogen) atoms. The third-order valence-corrected chi connectivity index (χ3v) is 2.84. The molecule has 1 N–H and O–H groups in total. The summed E-state index contributed by atoms with van der Waals surface area (Å²) in [6.45, 7) is 8.11. The van der Waals surface area contributed by atoms with Gasteiger partial charge >= 0.3 is 0 Å². The largest absolute Gasteiger partial charge is 0.319 e. The van der Waals surface area contributed by atoms with Gasteiger partial charge in [-0.15, -0.1) is 0 Å². The van der Waals surface area contributed by atoms with Crippen molar-refractivity contribution < 1.29 is 0 Å². The Kier molecular flexibility index (Phi) is 6.45. The van der Waals surface area contributed by atoms with E-state index in [4.69, 9.17) is 0 Å². The summed E-state index contributed by atoms with van der Waals surface area (Å²) in [5.74, 6) is 0. The topological polar surface area (TPSA) is 12.0 Å². The Morgan fingerprint density at radius 1 is 1.17 bits per heavy atom. The highest BCUT2D eigenvalue weighted by molar-refractivity contribution is 4.74. The van der Waals surface area contributed by atoms with Crippen LogP contribution in [-0.4, -0.2) is 13.6 Å². The highest BCUT2D eigenvalue weighted by atomic mass is 14.8. The minimum absolute atomic E-state index is 0.532. The van der Waals surface area contributed by atoms with Crippen molar-refractivity contribution in [2.24, 2.45) is 5.41 Å². The Balaban J connectivity index is 3.63. The van der Waals surface area contributed by atoms with Crippen LogP contribution in [0, 0.1) is 5.41 Å². The molecule has 1 heteroatoms. The van der Waals surface area contributed by atoms with Gasteiger partial charge in [-0.2, -0.15) is 0 Å². The van der Waals surface area contributed by atoms with Crippen molar-refractivity contribution in [3.8, 4) is 0 Å². The first-order valence-corrected chi connectivity index (χ1v) is 5.33. The second-order valence-electron chi connectivity index (χ2n) is 4.15. The van der Waals surface area contributed by atoms with E-state index in [1.165, 1.54) is 32.1 Å². The maximum absolute atomic E-state index is 3.29. The van der Waals surface area contributed by atoms with Crippen LogP contribution in [0.15, 0.2) is 0 Å². The second-order valence-corrected chi connectivity index (χ2v) is 4.15. The lowest BCUT2D eigenvalue weighted by atomic mass is 9.82. The Bertz CT molecular complexity index is 101. The van der Waals surface area contributed by atoms with E-state index in [1.54, 1.807) is 0 Å². The van der Waals surface area contributed by atoms with E-state index in [2.05, 4.69) is 26.1 Å². The SMILES string of the molecule is CCCCCC(C)(CC)CNC. The van der Waals surface area contributed by atoms with E-state index in [-0.39, 0.29) is 0 Å². The fraction of sp³-hybridized carbons (Fsp3) is 1.00. The second kappa shape index (κ2) is 6.47. The lowest BCUT2D eigenvalue weighted by Crippen LogP contribution is -2.28. The monoisotopic (exact) mass is 171 g/mol. The van der Waals surface area contributed by atoms with E-state index in [0.717, 1.165) is 6.54 Å².